The average Bonchev–Trinajstić information content (AvgIpc) is 3.45. The summed E-state index contributed by atoms with van der Waals surface area (Å²) in [6, 6.07) is 34.1. The predicted molar refractivity (Wildman–Crippen MR) is 166 cm³/mol. The number of hydrogen-bond acceptors (Lipinski definition) is 4. The molecule has 4 aromatic carbocycles. The first-order valence-electron chi connectivity index (χ1n) is 13.7. The highest BCUT2D eigenvalue weighted by atomic mass is 31.2. The van der Waals surface area contributed by atoms with Crippen molar-refractivity contribution in [2.24, 2.45) is 0 Å². The van der Waals surface area contributed by atoms with E-state index in [4.69, 9.17) is 15.0 Å². The maximum absolute atomic E-state index is 14.7. The molecule has 2 unspecified atom stereocenters. The Labute approximate surface area is 238 Å². The lowest BCUT2D eigenvalue weighted by atomic mass is 9.81. The summed E-state index contributed by atoms with van der Waals surface area (Å²) in [7, 11) is -3.13. The molecule has 196 valence electrons. The molecule has 6 heteroatoms. The molecule has 0 saturated heterocycles. The van der Waals surface area contributed by atoms with E-state index in [0.29, 0.717) is 11.1 Å². The van der Waals surface area contributed by atoms with E-state index >= 15 is 0 Å². The molecule has 2 aromatic heterocycles. The first-order valence-corrected chi connectivity index (χ1v) is 15.4. The van der Waals surface area contributed by atoms with Crippen LogP contribution in [0.2, 0.25) is 0 Å². The molecule has 1 aliphatic heterocycles. The minimum absolute atomic E-state index is 0.149. The highest BCUT2D eigenvalue weighted by Crippen LogP contribution is 2.48. The number of fused-ring (bicyclic) bond motifs is 8. The monoisotopic (exact) mass is 548 g/mol. The quantitative estimate of drug-likeness (QED) is 0.234. The van der Waals surface area contributed by atoms with E-state index in [2.05, 4.69) is 65.3 Å². The van der Waals surface area contributed by atoms with Crippen LogP contribution in [0.15, 0.2) is 140 Å². The zero-order valence-electron chi connectivity index (χ0n) is 22.1. The molecule has 1 aliphatic carbocycles. The molecular formula is C35H25N4OP. The lowest BCUT2D eigenvalue weighted by molar-refractivity contribution is 0.548. The van der Waals surface area contributed by atoms with Crippen molar-refractivity contribution in [3.63, 3.8) is 0 Å². The van der Waals surface area contributed by atoms with Crippen LogP contribution in [0.3, 0.4) is 0 Å². The minimum Gasteiger partial charge on any atom is -0.316 e. The highest BCUT2D eigenvalue weighted by Gasteiger charge is 2.34. The summed E-state index contributed by atoms with van der Waals surface area (Å²) in [6.45, 7) is 0. The van der Waals surface area contributed by atoms with E-state index in [1.165, 1.54) is 5.56 Å². The van der Waals surface area contributed by atoms with Crippen molar-refractivity contribution in [2.75, 3.05) is 0 Å². The fraction of sp³-hybridized carbons (Fsp3) is 0.0571. The Morgan fingerprint density at radius 3 is 2.07 bits per heavy atom. The lowest BCUT2D eigenvalue weighted by Crippen LogP contribution is -2.25. The summed E-state index contributed by atoms with van der Waals surface area (Å²) in [6.07, 6.45) is 12.2. The molecule has 0 saturated carbocycles. The van der Waals surface area contributed by atoms with Gasteiger partial charge < -0.3 is 9.13 Å². The van der Waals surface area contributed by atoms with E-state index in [1.807, 2.05) is 66.7 Å². The average molecular weight is 549 g/mol. The minimum atomic E-state index is -3.13. The smallest absolute Gasteiger partial charge is 0.174 e. The van der Waals surface area contributed by atoms with Crippen molar-refractivity contribution >= 4 is 34.1 Å². The van der Waals surface area contributed by atoms with E-state index in [9.17, 15) is 4.57 Å². The maximum atomic E-state index is 14.7. The Morgan fingerprint density at radius 1 is 0.683 bits per heavy atom. The summed E-state index contributed by atoms with van der Waals surface area (Å²) in [5.41, 5.74) is 5.41. The Morgan fingerprint density at radius 2 is 1.34 bits per heavy atom. The van der Waals surface area contributed by atoms with Crippen molar-refractivity contribution in [1.29, 1.82) is 0 Å². The van der Waals surface area contributed by atoms with Crippen LogP contribution >= 0.6 is 7.14 Å². The van der Waals surface area contributed by atoms with Gasteiger partial charge in [-0.25, -0.2) is 15.0 Å². The molecule has 41 heavy (non-hydrogen) atoms. The number of para-hydroxylation sites is 2. The standard InChI is InChI=1S/C35H25N4OP/c40-41(25-11-3-1-4-12-25,26-13-5-2-6-14-26)27-22-36-34(37-23-27)24-19-20-29-30(21-24)28-15-7-9-17-32(28)39-33-18-10-8-16-31(33)38-35(29)39/h1-23,28,32H. The fourth-order valence-electron chi connectivity index (χ4n) is 6.20. The van der Waals surface area contributed by atoms with Crippen LogP contribution in [0.1, 0.15) is 17.5 Å². The Balaban J connectivity index is 1.23. The third kappa shape index (κ3) is 3.70. The third-order valence-corrected chi connectivity index (χ3v) is 11.2. The van der Waals surface area contributed by atoms with Crippen LogP contribution in [0.25, 0.3) is 33.8 Å². The second kappa shape index (κ2) is 9.36. The summed E-state index contributed by atoms with van der Waals surface area (Å²) < 4.78 is 17.1. The second-order valence-electron chi connectivity index (χ2n) is 10.4. The molecule has 0 bridgehead atoms. The molecule has 0 fully saturated rings. The zero-order chi connectivity index (χ0) is 27.4. The third-order valence-electron chi connectivity index (χ3n) is 8.15. The maximum Gasteiger partial charge on any atom is 0.174 e. The van der Waals surface area contributed by atoms with Crippen LogP contribution in [0.4, 0.5) is 0 Å². The normalized spacial score (nSPS) is 17.2. The van der Waals surface area contributed by atoms with E-state index in [0.717, 1.165) is 38.6 Å². The topological polar surface area (TPSA) is 60.7 Å². The molecule has 3 heterocycles. The van der Waals surface area contributed by atoms with Crippen LogP contribution in [-0.4, -0.2) is 19.5 Å². The fourth-order valence-corrected chi connectivity index (χ4v) is 8.72. The van der Waals surface area contributed by atoms with Crippen molar-refractivity contribution in [3.8, 4) is 22.8 Å². The van der Waals surface area contributed by atoms with E-state index in [1.54, 1.807) is 12.4 Å². The Kier molecular flexibility index (Phi) is 5.48. The van der Waals surface area contributed by atoms with Gasteiger partial charge in [0.25, 0.3) is 0 Å². The van der Waals surface area contributed by atoms with Gasteiger partial charge >= 0.3 is 0 Å². The van der Waals surface area contributed by atoms with Gasteiger partial charge in [0.05, 0.1) is 22.4 Å². The first-order chi connectivity index (χ1) is 20.2. The van der Waals surface area contributed by atoms with Gasteiger partial charge in [-0.05, 0) is 23.8 Å². The van der Waals surface area contributed by atoms with E-state index in [-0.39, 0.29) is 12.0 Å². The van der Waals surface area contributed by atoms with Gasteiger partial charge in [-0.1, -0.05) is 109 Å². The molecule has 0 amide bonds. The summed E-state index contributed by atoms with van der Waals surface area (Å²) in [4.78, 5) is 14.6. The largest absolute Gasteiger partial charge is 0.316 e. The van der Waals surface area contributed by atoms with Crippen molar-refractivity contribution < 1.29 is 4.57 Å². The molecule has 8 rings (SSSR count). The molecular weight excluding hydrogens is 523 g/mol. The second-order valence-corrected chi connectivity index (χ2v) is 13.2. The Bertz CT molecular complexity index is 1990. The first kappa shape index (κ1) is 24.0. The number of rotatable bonds is 4. The molecule has 2 atom stereocenters. The Hall–Kier alpha value is -4.86. The van der Waals surface area contributed by atoms with Crippen LogP contribution in [0.5, 0.6) is 0 Å². The molecule has 0 spiro atoms. The van der Waals surface area contributed by atoms with Gasteiger partial charge in [0.15, 0.2) is 13.0 Å². The molecule has 0 radical (unpaired) electrons. The lowest BCUT2D eigenvalue weighted by Gasteiger charge is -2.34. The number of hydrogen-bond donors (Lipinski definition) is 0. The summed E-state index contributed by atoms with van der Waals surface area (Å²) in [5, 5.41) is 2.15. The number of nitrogens with zero attached hydrogens (tertiary/aromatic N) is 4. The summed E-state index contributed by atoms with van der Waals surface area (Å²) in [5.74, 6) is 1.77. The van der Waals surface area contributed by atoms with Crippen molar-refractivity contribution in [1.82, 2.24) is 19.5 Å². The van der Waals surface area contributed by atoms with Crippen LogP contribution in [-0.2, 0) is 4.57 Å². The zero-order valence-corrected chi connectivity index (χ0v) is 23.0. The van der Waals surface area contributed by atoms with Gasteiger partial charge in [0.1, 0.15) is 5.82 Å². The van der Waals surface area contributed by atoms with Crippen LogP contribution < -0.4 is 15.9 Å². The summed E-state index contributed by atoms with van der Waals surface area (Å²) >= 11 is 0. The SMILES string of the molecule is O=P(c1ccccc1)(c1ccccc1)c1cnc(-c2ccc3c(c2)C2C=CC=CC2n2c-3nc3ccccc32)nc1. The highest BCUT2D eigenvalue weighted by molar-refractivity contribution is 7.85. The van der Waals surface area contributed by atoms with Crippen molar-refractivity contribution in [2.45, 2.75) is 12.0 Å². The van der Waals surface area contributed by atoms with Gasteiger partial charge in [0.2, 0.25) is 0 Å². The predicted octanol–water partition coefficient (Wildman–Crippen LogP) is 6.56. The number of imidazole rings is 1. The van der Waals surface area contributed by atoms with Gasteiger partial charge in [-0.2, -0.15) is 0 Å². The van der Waals surface area contributed by atoms with E-state index < -0.39 is 7.14 Å². The van der Waals surface area contributed by atoms with Crippen molar-refractivity contribution in [3.05, 3.63) is 145 Å². The molecule has 2 aliphatic rings. The molecule has 0 N–H and O–H groups in total. The number of benzene rings is 4. The van der Waals surface area contributed by atoms with Gasteiger partial charge in [0, 0.05) is 40.0 Å². The van der Waals surface area contributed by atoms with Crippen LogP contribution in [0, 0.1) is 0 Å². The van der Waals surface area contributed by atoms with Gasteiger partial charge in [-0.3, -0.25) is 0 Å². The number of allylic oxidation sites excluding steroid dienone is 4. The molecule has 6 aromatic rings. The number of aromatic nitrogens is 4. The van der Waals surface area contributed by atoms with Gasteiger partial charge in [-0.15, -0.1) is 0 Å². The molecule has 5 nitrogen and oxygen atoms in total.